The number of hydrogen-bond donors (Lipinski definition) is 2. The van der Waals surface area contributed by atoms with E-state index < -0.39 is 16.8 Å². The van der Waals surface area contributed by atoms with E-state index in [1.807, 2.05) is 0 Å². The Labute approximate surface area is 129 Å². The van der Waals surface area contributed by atoms with E-state index in [0.717, 1.165) is 0 Å². The zero-order chi connectivity index (χ0) is 16.0. The van der Waals surface area contributed by atoms with Gasteiger partial charge < -0.3 is 10.4 Å². The minimum absolute atomic E-state index is 0.0424. The molecule has 7 nitrogen and oxygen atoms in total. The molecule has 1 amide bonds. The summed E-state index contributed by atoms with van der Waals surface area (Å²) in [5.74, 6) is -1.32. The summed E-state index contributed by atoms with van der Waals surface area (Å²) >= 11 is 3.06. The van der Waals surface area contributed by atoms with Gasteiger partial charge in [-0.25, -0.2) is 0 Å². The van der Waals surface area contributed by atoms with Crippen molar-refractivity contribution in [3.05, 3.63) is 38.3 Å². The lowest BCUT2D eigenvalue weighted by molar-refractivity contribution is -0.385. The summed E-state index contributed by atoms with van der Waals surface area (Å²) < 4.78 is 0.130. The SMILES string of the molecule is CC(CCCC(=O)O)NC(=O)c1cccc([N+](=O)[O-])c1Br. The number of carbonyl (C=O) groups is 2. The number of carbonyl (C=O) groups excluding carboxylic acids is 1. The van der Waals surface area contributed by atoms with Crippen LogP contribution in [0.25, 0.3) is 0 Å². The number of benzene rings is 1. The fourth-order valence-corrected chi connectivity index (χ4v) is 2.36. The first-order valence-electron chi connectivity index (χ1n) is 6.28. The minimum atomic E-state index is -0.880. The fourth-order valence-electron chi connectivity index (χ4n) is 1.77. The van der Waals surface area contributed by atoms with E-state index in [2.05, 4.69) is 21.2 Å². The first-order chi connectivity index (χ1) is 9.82. The molecule has 0 fully saturated rings. The highest BCUT2D eigenvalue weighted by atomic mass is 79.9. The summed E-state index contributed by atoms with van der Waals surface area (Å²) in [4.78, 5) is 32.7. The maximum absolute atomic E-state index is 12.1. The van der Waals surface area contributed by atoms with Crippen molar-refractivity contribution in [1.29, 1.82) is 0 Å². The zero-order valence-electron chi connectivity index (χ0n) is 11.3. The average molecular weight is 359 g/mol. The van der Waals surface area contributed by atoms with Crippen molar-refractivity contribution >= 4 is 33.5 Å². The molecule has 0 aliphatic heterocycles. The topological polar surface area (TPSA) is 110 Å². The molecule has 0 aliphatic rings. The van der Waals surface area contributed by atoms with Gasteiger partial charge in [-0.05, 0) is 41.8 Å². The molecule has 0 heterocycles. The number of nitrogens with zero attached hydrogens (tertiary/aromatic N) is 1. The number of nitro benzene ring substituents is 1. The Morgan fingerprint density at radius 3 is 2.71 bits per heavy atom. The van der Waals surface area contributed by atoms with Crippen LogP contribution < -0.4 is 5.32 Å². The number of amides is 1. The minimum Gasteiger partial charge on any atom is -0.481 e. The van der Waals surface area contributed by atoms with Crippen molar-refractivity contribution in [3.8, 4) is 0 Å². The van der Waals surface area contributed by atoms with Crippen molar-refractivity contribution in [2.45, 2.75) is 32.2 Å². The van der Waals surface area contributed by atoms with E-state index in [-0.39, 0.29) is 28.2 Å². The molecular weight excluding hydrogens is 344 g/mol. The predicted molar refractivity (Wildman–Crippen MR) is 79.2 cm³/mol. The largest absolute Gasteiger partial charge is 0.481 e. The highest BCUT2D eigenvalue weighted by Gasteiger charge is 2.20. The smallest absolute Gasteiger partial charge is 0.303 e. The van der Waals surface area contributed by atoms with E-state index in [1.54, 1.807) is 6.92 Å². The van der Waals surface area contributed by atoms with Crippen LogP contribution in [0.4, 0.5) is 5.69 Å². The van der Waals surface area contributed by atoms with Gasteiger partial charge in [-0.2, -0.15) is 0 Å². The van der Waals surface area contributed by atoms with Crippen LogP contribution in [-0.4, -0.2) is 27.9 Å². The van der Waals surface area contributed by atoms with E-state index in [0.29, 0.717) is 12.8 Å². The summed E-state index contributed by atoms with van der Waals surface area (Å²) in [5, 5.41) is 22.1. The molecule has 21 heavy (non-hydrogen) atoms. The van der Waals surface area contributed by atoms with E-state index in [1.165, 1.54) is 18.2 Å². The van der Waals surface area contributed by atoms with Crippen LogP contribution in [0.1, 0.15) is 36.5 Å². The monoisotopic (exact) mass is 358 g/mol. The highest BCUT2D eigenvalue weighted by Crippen LogP contribution is 2.28. The Morgan fingerprint density at radius 1 is 1.48 bits per heavy atom. The van der Waals surface area contributed by atoms with Crippen molar-refractivity contribution in [3.63, 3.8) is 0 Å². The van der Waals surface area contributed by atoms with Gasteiger partial charge in [0.25, 0.3) is 11.6 Å². The predicted octanol–water partition coefficient (Wildman–Crippen LogP) is 2.73. The fraction of sp³-hybridized carbons (Fsp3) is 0.385. The van der Waals surface area contributed by atoms with Crippen LogP contribution in [0, 0.1) is 10.1 Å². The number of nitrogens with one attached hydrogen (secondary N) is 1. The normalized spacial score (nSPS) is 11.7. The van der Waals surface area contributed by atoms with Crippen molar-refractivity contribution in [1.82, 2.24) is 5.32 Å². The Balaban J connectivity index is 2.69. The van der Waals surface area contributed by atoms with Gasteiger partial charge in [-0.1, -0.05) is 6.07 Å². The first kappa shape index (κ1) is 17.1. The summed E-state index contributed by atoms with van der Waals surface area (Å²) in [6.07, 6.45) is 1.01. The molecule has 0 bridgehead atoms. The summed E-state index contributed by atoms with van der Waals surface area (Å²) in [6.45, 7) is 1.75. The lowest BCUT2D eigenvalue weighted by atomic mass is 10.1. The molecule has 8 heteroatoms. The number of rotatable bonds is 7. The summed E-state index contributed by atoms with van der Waals surface area (Å²) in [5.41, 5.74) is -0.00420. The molecule has 0 aliphatic carbocycles. The van der Waals surface area contributed by atoms with Gasteiger partial charge in [0, 0.05) is 18.5 Å². The van der Waals surface area contributed by atoms with Crippen LogP contribution in [-0.2, 0) is 4.79 Å². The molecule has 2 N–H and O–H groups in total. The van der Waals surface area contributed by atoms with Crippen LogP contribution in [0.2, 0.25) is 0 Å². The van der Waals surface area contributed by atoms with Gasteiger partial charge in [0.2, 0.25) is 0 Å². The number of carboxylic acid groups (broad SMARTS) is 1. The Kier molecular flexibility index (Phi) is 6.29. The average Bonchev–Trinajstić information content (AvgIpc) is 2.37. The molecule has 1 aromatic carbocycles. The third kappa shape index (κ3) is 5.14. The summed E-state index contributed by atoms with van der Waals surface area (Å²) in [6, 6.07) is 4.00. The zero-order valence-corrected chi connectivity index (χ0v) is 12.9. The van der Waals surface area contributed by atoms with Gasteiger partial charge >= 0.3 is 5.97 Å². The molecule has 0 radical (unpaired) electrons. The van der Waals surface area contributed by atoms with Crippen LogP contribution in [0.3, 0.4) is 0 Å². The Morgan fingerprint density at radius 2 is 2.14 bits per heavy atom. The van der Waals surface area contributed by atoms with Crippen molar-refractivity contribution in [2.75, 3.05) is 0 Å². The quantitative estimate of drug-likeness (QED) is 0.575. The molecule has 1 unspecified atom stereocenters. The van der Waals surface area contributed by atoms with Crippen molar-refractivity contribution in [2.24, 2.45) is 0 Å². The molecule has 1 aromatic rings. The number of hydrogen-bond acceptors (Lipinski definition) is 4. The lowest BCUT2D eigenvalue weighted by Crippen LogP contribution is -2.32. The Bertz CT molecular complexity index is 561. The maximum atomic E-state index is 12.1. The van der Waals surface area contributed by atoms with Crippen molar-refractivity contribution < 1.29 is 19.6 Å². The molecule has 0 aromatic heterocycles. The van der Waals surface area contributed by atoms with Gasteiger partial charge in [-0.15, -0.1) is 0 Å². The van der Waals surface area contributed by atoms with Crippen LogP contribution in [0.15, 0.2) is 22.7 Å². The lowest BCUT2D eigenvalue weighted by Gasteiger charge is -2.14. The molecule has 0 saturated carbocycles. The molecule has 0 saturated heterocycles. The number of halogens is 1. The van der Waals surface area contributed by atoms with Gasteiger partial charge in [0.05, 0.1) is 10.5 Å². The molecule has 0 spiro atoms. The standard InChI is InChI=1S/C13H15BrN2O5/c1-8(4-2-7-11(17)18)15-13(19)9-5-3-6-10(12(9)14)16(20)21/h3,5-6,8H,2,4,7H2,1H3,(H,15,19)(H,17,18). The van der Waals surface area contributed by atoms with Gasteiger partial charge in [0.15, 0.2) is 0 Å². The maximum Gasteiger partial charge on any atom is 0.303 e. The molecule has 1 atom stereocenters. The number of carboxylic acids is 1. The van der Waals surface area contributed by atoms with Gasteiger partial charge in [0.1, 0.15) is 4.47 Å². The number of aliphatic carboxylic acids is 1. The molecular formula is C13H15BrN2O5. The van der Waals surface area contributed by atoms with Crippen LogP contribution >= 0.6 is 15.9 Å². The number of nitro groups is 1. The summed E-state index contributed by atoms with van der Waals surface area (Å²) in [7, 11) is 0. The second-order valence-corrected chi connectivity index (χ2v) is 5.35. The molecule has 1 rings (SSSR count). The first-order valence-corrected chi connectivity index (χ1v) is 7.07. The third-order valence-corrected chi connectivity index (χ3v) is 3.66. The van der Waals surface area contributed by atoms with E-state index in [4.69, 9.17) is 5.11 Å². The highest BCUT2D eigenvalue weighted by molar-refractivity contribution is 9.10. The Hall–Kier alpha value is -1.96. The van der Waals surface area contributed by atoms with E-state index >= 15 is 0 Å². The molecule has 114 valence electrons. The second-order valence-electron chi connectivity index (χ2n) is 4.56. The second kappa shape index (κ2) is 7.72. The third-order valence-electron chi connectivity index (χ3n) is 2.82. The van der Waals surface area contributed by atoms with Crippen LogP contribution in [0.5, 0.6) is 0 Å². The van der Waals surface area contributed by atoms with E-state index in [9.17, 15) is 19.7 Å². The van der Waals surface area contributed by atoms with Gasteiger partial charge in [-0.3, -0.25) is 19.7 Å².